The third-order valence-electron chi connectivity index (χ3n) is 0. The van der Waals surface area contributed by atoms with Gasteiger partial charge in [-0.3, -0.25) is 9.11 Å². The Kier molecular flexibility index (Phi) is 12.0. The van der Waals surface area contributed by atoms with Crippen molar-refractivity contribution in [3.05, 3.63) is 0 Å². The summed E-state index contributed by atoms with van der Waals surface area (Å²) in [7, 11) is -4.67. The van der Waals surface area contributed by atoms with Crippen LogP contribution < -0.4 is 6.15 Å². The van der Waals surface area contributed by atoms with Gasteiger partial charge in [-0.15, -0.1) is 0 Å². The maximum Gasteiger partial charge on any atom is 0.394 e. The van der Waals surface area contributed by atoms with E-state index in [4.69, 9.17) is 17.5 Å². The molecule has 0 atom stereocenters. The summed E-state index contributed by atoms with van der Waals surface area (Å²) in [6.45, 7) is 0. The molecule has 0 aliphatic rings. The fraction of sp³-hybridized carbons (Fsp3) is 0. The molecule has 5 nitrogen and oxygen atoms in total. The zero-order valence-electron chi connectivity index (χ0n) is 3.40. The van der Waals surface area contributed by atoms with E-state index in [-0.39, 0.29) is 47.4 Å². The van der Waals surface area contributed by atoms with E-state index in [9.17, 15) is 0 Å². The van der Waals surface area contributed by atoms with Gasteiger partial charge in [-0.2, -0.15) is 8.42 Å². The van der Waals surface area contributed by atoms with Crippen molar-refractivity contribution >= 4 is 10.4 Å². The van der Waals surface area contributed by atoms with Crippen molar-refractivity contribution in [2.75, 3.05) is 0 Å². The Morgan fingerprint density at radius 1 is 1.14 bits per heavy atom. The predicted molar refractivity (Wildman–Crippen MR) is 19.2 cm³/mol. The second kappa shape index (κ2) is 5.33. The first kappa shape index (κ1) is 15.7. The van der Waals surface area contributed by atoms with Gasteiger partial charge in [-0.05, 0) is 0 Å². The molecular weight excluding hydrogens is 251 g/mol. The number of hydrogen-bond donors (Lipinski definition) is 3. The van der Waals surface area contributed by atoms with Crippen LogP contribution >= 0.6 is 0 Å². The Morgan fingerprint density at radius 3 is 1.14 bits per heavy atom. The van der Waals surface area contributed by atoms with Gasteiger partial charge in [-0.1, -0.05) is 0 Å². The van der Waals surface area contributed by atoms with Crippen LogP contribution in [0.25, 0.3) is 0 Å². The summed E-state index contributed by atoms with van der Waals surface area (Å²) in [6, 6.07) is 0. The van der Waals surface area contributed by atoms with E-state index in [1.165, 1.54) is 0 Å². The smallest absolute Gasteiger partial charge is 0.344 e. The Morgan fingerprint density at radius 2 is 1.14 bits per heavy atom. The van der Waals surface area contributed by atoms with Crippen LogP contribution in [-0.4, -0.2) is 17.5 Å². The molecular formula is H5NO4PrS. The van der Waals surface area contributed by atoms with Gasteiger partial charge in [0, 0.05) is 41.3 Å². The van der Waals surface area contributed by atoms with E-state index < -0.39 is 10.4 Å². The first-order valence-electron chi connectivity index (χ1n) is 0.698. The summed E-state index contributed by atoms with van der Waals surface area (Å²) in [4.78, 5) is 0. The second-order valence-electron chi connectivity index (χ2n) is 0.448. The maximum absolute atomic E-state index is 8.74. The molecule has 0 bridgehead atoms. The van der Waals surface area contributed by atoms with Gasteiger partial charge in [0.05, 0.1) is 0 Å². The second-order valence-corrected chi connectivity index (χ2v) is 1.34. The molecule has 43 valence electrons. The molecule has 0 aromatic heterocycles. The molecule has 0 amide bonds. The molecule has 0 aliphatic carbocycles. The van der Waals surface area contributed by atoms with Crippen LogP contribution in [0.5, 0.6) is 0 Å². The molecule has 0 aromatic carbocycles. The zero-order chi connectivity index (χ0) is 4.50. The minimum absolute atomic E-state index is 0. The molecule has 5 N–H and O–H groups in total. The van der Waals surface area contributed by atoms with Crippen LogP contribution in [0.4, 0.5) is 0 Å². The average Bonchev–Trinajstić information content (AvgIpc) is 0.722. The van der Waals surface area contributed by atoms with E-state index in [2.05, 4.69) is 0 Å². The summed E-state index contributed by atoms with van der Waals surface area (Å²) in [5.74, 6) is 0. The van der Waals surface area contributed by atoms with E-state index >= 15 is 0 Å². The predicted octanol–water partition coefficient (Wildman–Crippen LogP) is -0.491. The molecule has 0 aliphatic heterocycles. The monoisotopic (exact) mass is 256 g/mol. The minimum atomic E-state index is -4.67. The Bertz CT molecular complexity index is 94.9. The summed E-state index contributed by atoms with van der Waals surface area (Å²) in [5.41, 5.74) is 0. The molecule has 7 heteroatoms. The van der Waals surface area contributed by atoms with Crippen molar-refractivity contribution < 1.29 is 58.8 Å². The summed E-state index contributed by atoms with van der Waals surface area (Å²) in [6.07, 6.45) is 0. The number of rotatable bonds is 0. The molecule has 0 saturated carbocycles. The normalized spacial score (nSPS) is 8.29. The first-order chi connectivity index (χ1) is 2.00. The van der Waals surface area contributed by atoms with Crippen LogP contribution in [0.15, 0.2) is 0 Å². The van der Waals surface area contributed by atoms with E-state index in [1.54, 1.807) is 0 Å². The molecule has 0 aromatic rings. The van der Waals surface area contributed by atoms with Crippen molar-refractivity contribution in [2.24, 2.45) is 0 Å². The van der Waals surface area contributed by atoms with Gasteiger partial charge in [0.2, 0.25) is 0 Å². The van der Waals surface area contributed by atoms with E-state index in [0.29, 0.717) is 0 Å². The fourth-order valence-electron chi connectivity index (χ4n) is 0. The molecule has 0 unspecified atom stereocenters. The summed E-state index contributed by atoms with van der Waals surface area (Å²) < 4.78 is 31.6. The topological polar surface area (TPSA) is 110 Å². The maximum atomic E-state index is 8.74. The Balaban J connectivity index is -0.0000000800. The van der Waals surface area contributed by atoms with Crippen molar-refractivity contribution in [1.82, 2.24) is 6.15 Å². The SMILES string of the molecule is N.O=S(=O)(O)O.[Pr]. The van der Waals surface area contributed by atoms with Gasteiger partial charge in [0.25, 0.3) is 0 Å². The van der Waals surface area contributed by atoms with Gasteiger partial charge >= 0.3 is 10.4 Å². The molecule has 1 radical (unpaired) electrons. The van der Waals surface area contributed by atoms with Crippen LogP contribution in [0.2, 0.25) is 0 Å². The van der Waals surface area contributed by atoms with Crippen LogP contribution in [0.3, 0.4) is 0 Å². The van der Waals surface area contributed by atoms with Crippen molar-refractivity contribution in [3.63, 3.8) is 0 Å². The largest absolute Gasteiger partial charge is 0.394 e. The van der Waals surface area contributed by atoms with Gasteiger partial charge in [0.15, 0.2) is 0 Å². The minimum Gasteiger partial charge on any atom is -0.344 e. The Hall–Kier alpha value is 1.19. The zero-order valence-corrected chi connectivity index (χ0v) is 7.92. The van der Waals surface area contributed by atoms with Gasteiger partial charge in [0.1, 0.15) is 0 Å². The van der Waals surface area contributed by atoms with Crippen molar-refractivity contribution in [1.29, 1.82) is 0 Å². The molecule has 0 fully saturated rings. The van der Waals surface area contributed by atoms with Crippen LogP contribution in [-0.2, 0) is 10.4 Å². The van der Waals surface area contributed by atoms with Gasteiger partial charge in [-0.25, -0.2) is 0 Å². The fourth-order valence-corrected chi connectivity index (χ4v) is 0. The van der Waals surface area contributed by atoms with Crippen LogP contribution in [0, 0.1) is 41.3 Å². The van der Waals surface area contributed by atoms with Crippen molar-refractivity contribution in [2.45, 2.75) is 0 Å². The van der Waals surface area contributed by atoms with Gasteiger partial charge < -0.3 is 6.15 Å². The summed E-state index contributed by atoms with van der Waals surface area (Å²) >= 11 is 0. The van der Waals surface area contributed by atoms with E-state index in [0.717, 1.165) is 0 Å². The third kappa shape index (κ3) is 136. The summed E-state index contributed by atoms with van der Waals surface area (Å²) in [5, 5.41) is 0. The average molecular weight is 256 g/mol. The van der Waals surface area contributed by atoms with Crippen molar-refractivity contribution in [3.8, 4) is 0 Å². The quantitative estimate of drug-likeness (QED) is 0.506. The van der Waals surface area contributed by atoms with E-state index in [1.807, 2.05) is 0 Å². The molecule has 0 heterocycles. The molecule has 0 saturated heterocycles. The first-order valence-corrected chi connectivity index (χ1v) is 2.10. The van der Waals surface area contributed by atoms with Crippen LogP contribution in [0.1, 0.15) is 0 Å². The number of hydrogen-bond acceptors (Lipinski definition) is 3. The molecule has 7 heavy (non-hydrogen) atoms. The standard InChI is InChI=1S/H3N.H2O4S.Pr/c;1-5(2,3)4;/h1H3;(H2,1,2,3,4);. The molecule has 0 rings (SSSR count). The molecule has 0 spiro atoms. The Labute approximate surface area is 74.6 Å². The third-order valence-corrected chi connectivity index (χ3v) is 0.